The molecule has 1 aromatic carbocycles. The van der Waals surface area contributed by atoms with Crippen LogP contribution in [-0.4, -0.2) is 41.6 Å². The van der Waals surface area contributed by atoms with Gasteiger partial charge < -0.3 is 20.1 Å². The normalized spacial score (nSPS) is 23.7. The molecule has 5 rings (SSSR count). The molecule has 2 bridgehead atoms. The highest BCUT2D eigenvalue weighted by atomic mass is 35.5. The van der Waals surface area contributed by atoms with Crippen LogP contribution in [0.1, 0.15) is 35.2 Å². The fraction of sp³-hybridized carbons (Fsp3) is 0.381. The summed E-state index contributed by atoms with van der Waals surface area (Å²) in [6.45, 7) is 0.166. The number of nitrogens with zero attached hydrogens (tertiary/aromatic N) is 1. The van der Waals surface area contributed by atoms with E-state index < -0.39 is 5.82 Å². The van der Waals surface area contributed by atoms with Gasteiger partial charge >= 0.3 is 0 Å². The molecule has 0 aliphatic heterocycles. The summed E-state index contributed by atoms with van der Waals surface area (Å²) in [4.78, 5) is 28.8. The number of carbonyl (C=O) groups is 2. The largest absolute Gasteiger partial charge is 0.484 e. The Hall–Kier alpha value is -2.71. The lowest BCUT2D eigenvalue weighted by Crippen LogP contribution is -2.84. The molecule has 7 nitrogen and oxygen atoms in total. The van der Waals surface area contributed by atoms with Gasteiger partial charge in [0.15, 0.2) is 6.61 Å². The second-order valence-electron chi connectivity index (χ2n) is 7.97. The molecular formula is C21H21ClFN3O4. The van der Waals surface area contributed by atoms with Crippen molar-refractivity contribution in [1.82, 2.24) is 15.6 Å². The van der Waals surface area contributed by atoms with Crippen LogP contribution in [-0.2, 0) is 16.1 Å². The smallest absolute Gasteiger partial charge is 0.258 e. The average Bonchev–Trinajstić information content (AvgIpc) is 2.66. The van der Waals surface area contributed by atoms with Crippen LogP contribution < -0.4 is 15.4 Å². The lowest BCUT2D eigenvalue weighted by molar-refractivity contribution is -0.141. The summed E-state index contributed by atoms with van der Waals surface area (Å²) in [7, 11) is 1.58. The summed E-state index contributed by atoms with van der Waals surface area (Å²) in [6.07, 6.45) is 5.18. The zero-order valence-electron chi connectivity index (χ0n) is 16.3. The first-order chi connectivity index (χ1) is 14.3. The van der Waals surface area contributed by atoms with Gasteiger partial charge in [-0.1, -0.05) is 11.6 Å². The van der Waals surface area contributed by atoms with Crippen LogP contribution in [0.4, 0.5) is 4.39 Å². The molecule has 0 radical (unpaired) electrons. The van der Waals surface area contributed by atoms with Gasteiger partial charge in [0.1, 0.15) is 11.6 Å². The van der Waals surface area contributed by atoms with Crippen molar-refractivity contribution < 1.29 is 23.5 Å². The molecule has 3 aliphatic carbocycles. The SMILES string of the molecule is COCc1cncc(C(=O)NC23CC(NC(=O)COc4ccc(Cl)c(F)c4)(C2)C3)c1. The molecule has 0 saturated heterocycles. The van der Waals surface area contributed by atoms with Crippen molar-refractivity contribution in [2.75, 3.05) is 13.7 Å². The molecule has 2 amide bonds. The summed E-state index contributed by atoms with van der Waals surface area (Å²) >= 11 is 5.62. The fourth-order valence-electron chi connectivity index (χ4n) is 4.27. The number of methoxy groups -OCH3 is 1. The standard InChI is InChI=1S/C21H21ClFN3O4/c1-29-8-13-4-14(7-24-6-13)19(28)26-21-10-20(11-21,12-21)25-18(27)9-30-15-2-3-16(22)17(23)5-15/h2-7H,8-12H2,1H3,(H,25,27)(H,26,28). The second-order valence-corrected chi connectivity index (χ2v) is 8.38. The van der Waals surface area contributed by atoms with E-state index in [1.165, 1.54) is 18.3 Å². The first-order valence-electron chi connectivity index (χ1n) is 9.46. The van der Waals surface area contributed by atoms with E-state index in [-0.39, 0.29) is 40.3 Å². The summed E-state index contributed by atoms with van der Waals surface area (Å²) in [5, 5.41) is 6.00. The van der Waals surface area contributed by atoms with Crippen LogP contribution in [0.25, 0.3) is 0 Å². The van der Waals surface area contributed by atoms with Crippen molar-refractivity contribution in [1.29, 1.82) is 0 Å². The van der Waals surface area contributed by atoms with Gasteiger partial charge in [-0.15, -0.1) is 0 Å². The molecule has 0 atom stereocenters. The number of hydrogen-bond donors (Lipinski definition) is 2. The number of amides is 2. The average molecular weight is 434 g/mol. The first kappa shape index (κ1) is 20.6. The second kappa shape index (κ2) is 7.85. The number of rotatable bonds is 8. The van der Waals surface area contributed by atoms with E-state index in [9.17, 15) is 14.0 Å². The highest BCUT2D eigenvalue weighted by Crippen LogP contribution is 2.60. The quantitative estimate of drug-likeness (QED) is 0.668. The Bertz CT molecular complexity index is 980. The van der Waals surface area contributed by atoms with E-state index in [1.807, 2.05) is 0 Å². The first-order valence-corrected chi connectivity index (χ1v) is 9.84. The number of aromatic nitrogens is 1. The fourth-order valence-corrected chi connectivity index (χ4v) is 4.39. The van der Waals surface area contributed by atoms with Crippen LogP contribution >= 0.6 is 11.6 Å². The van der Waals surface area contributed by atoms with E-state index >= 15 is 0 Å². The van der Waals surface area contributed by atoms with Crippen molar-refractivity contribution in [3.8, 4) is 5.75 Å². The third-order valence-electron chi connectivity index (χ3n) is 5.44. The van der Waals surface area contributed by atoms with Gasteiger partial charge in [-0.2, -0.15) is 0 Å². The molecule has 0 unspecified atom stereocenters. The van der Waals surface area contributed by atoms with E-state index in [1.54, 1.807) is 19.4 Å². The summed E-state index contributed by atoms with van der Waals surface area (Å²) in [5.74, 6) is -0.845. The maximum Gasteiger partial charge on any atom is 0.258 e. The van der Waals surface area contributed by atoms with Gasteiger partial charge in [0, 0.05) is 36.6 Å². The van der Waals surface area contributed by atoms with Gasteiger partial charge in [-0.25, -0.2) is 4.39 Å². The van der Waals surface area contributed by atoms with Gasteiger partial charge in [0.05, 0.1) is 17.2 Å². The van der Waals surface area contributed by atoms with Crippen molar-refractivity contribution in [2.24, 2.45) is 0 Å². The Morgan fingerprint density at radius 1 is 1.17 bits per heavy atom. The maximum absolute atomic E-state index is 13.4. The van der Waals surface area contributed by atoms with Crippen LogP contribution in [0.3, 0.4) is 0 Å². The zero-order chi connectivity index (χ0) is 21.4. The minimum absolute atomic E-state index is 0.00535. The molecular weight excluding hydrogens is 413 g/mol. The van der Waals surface area contributed by atoms with Crippen LogP contribution in [0.15, 0.2) is 36.7 Å². The molecule has 9 heteroatoms. The number of ether oxygens (including phenoxy) is 2. The molecule has 2 N–H and O–H groups in total. The highest BCUT2D eigenvalue weighted by Gasteiger charge is 2.69. The highest BCUT2D eigenvalue weighted by molar-refractivity contribution is 6.30. The van der Waals surface area contributed by atoms with Crippen molar-refractivity contribution >= 4 is 23.4 Å². The third-order valence-corrected chi connectivity index (χ3v) is 5.75. The molecule has 1 aromatic heterocycles. The maximum atomic E-state index is 13.4. The molecule has 3 fully saturated rings. The molecule has 30 heavy (non-hydrogen) atoms. The Labute approximate surface area is 177 Å². The van der Waals surface area contributed by atoms with Crippen molar-refractivity contribution in [3.05, 3.63) is 58.6 Å². The Balaban J connectivity index is 1.24. The minimum Gasteiger partial charge on any atom is -0.484 e. The van der Waals surface area contributed by atoms with Crippen LogP contribution in [0, 0.1) is 5.82 Å². The van der Waals surface area contributed by atoms with Gasteiger partial charge in [-0.05, 0) is 43.0 Å². The van der Waals surface area contributed by atoms with Crippen molar-refractivity contribution in [3.63, 3.8) is 0 Å². The Kier molecular flexibility index (Phi) is 5.38. The summed E-state index contributed by atoms with van der Waals surface area (Å²) in [5.41, 5.74) is 0.708. The number of pyridine rings is 1. The van der Waals surface area contributed by atoms with E-state index in [0.717, 1.165) is 11.6 Å². The predicted octanol–water partition coefficient (Wildman–Crippen LogP) is 2.62. The van der Waals surface area contributed by atoms with Crippen LogP contribution in [0.5, 0.6) is 5.75 Å². The summed E-state index contributed by atoms with van der Waals surface area (Å²) in [6, 6.07) is 5.77. The number of halogens is 2. The minimum atomic E-state index is -0.602. The third kappa shape index (κ3) is 4.11. The molecule has 1 heterocycles. The Morgan fingerprint density at radius 3 is 2.60 bits per heavy atom. The molecule has 0 spiro atoms. The van der Waals surface area contributed by atoms with Crippen molar-refractivity contribution in [2.45, 2.75) is 36.9 Å². The lowest BCUT2D eigenvalue weighted by Gasteiger charge is -2.70. The number of benzene rings is 1. The molecule has 3 aliphatic rings. The van der Waals surface area contributed by atoms with E-state index in [2.05, 4.69) is 15.6 Å². The molecule has 158 valence electrons. The number of hydrogen-bond acceptors (Lipinski definition) is 5. The molecule has 3 saturated carbocycles. The predicted molar refractivity (Wildman–Crippen MR) is 107 cm³/mol. The van der Waals surface area contributed by atoms with Gasteiger partial charge in [-0.3, -0.25) is 14.6 Å². The van der Waals surface area contributed by atoms with E-state index in [4.69, 9.17) is 21.1 Å². The monoisotopic (exact) mass is 433 g/mol. The lowest BCUT2D eigenvalue weighted by atomic mass is 9.44. The topological polar surface area (TPSA) is 89.5 Å². The van der Waals surface area contributed by atoms with Gasteiger partial charge in [0.25, 0.3) is 11.8 Å². The number of carbonyl (C=O) groups excluding carboxylic acids is 2. The summed E-state index contributed by atoms with van der Waals surface area (Å²) < 4.78 is 23.8. The van der Waals surface area contributed by atoms with E-state index in [0.29, 0.717) is 31.4 Å². The van der Waals surface area contributed by atoms with Gasteiger partial charge in [0.2, 0.25) is 0 Å². The zero-order valence-corrected chi connectivity index (χ0v) is 17.1. The number of nitrogens with one attached hydrogen (secondary N) is 2. The molecule has 2 aromatic rings. The van der Waals surface area contributed by atoms with Crippen LogP contribution in [0.2, 0.25) is 5.02 Å². The Morgan fingerprint density at radius 2 is 1.90 bits per heavy atom.